The van der Waals surface area contributed by atoms with Gasteiger partial charge in [0.2, 0.25) is 15.9 Å². The average molecular weight is 501 g/mol. The van der Waals surface area contributed by atoms with Gasteiger partial charge in [0.05, 0.1) is 7.11 Å². The Morgan fingerprint density at radius 3 is 2.21 bits per heavy atom. The van der Waals surface area contributed by atoms with Gasteiger partial charge in [-0.15, -0.1) is 0 Å². The van der Waals surface area contributed by atoms with Crippen molar-refractivity contribution in [3.63, 3.8) is 0 Å². The molecule has 0 spiro atoms. The molecule has 0 saturated carbocycles. The molecule has 0 unspecified atom stereocenters. The van der Waals surface area contributed by atoms with Crippen LogP contribution in [0.3, 0.4) is 0 Å². The Morgan fingerprint density at radius 1 is 0.971 bits per heavy atom. The third-order valence-electron chi connectivity index (χ3n) is 5.41. The largest absolute Gasteiger partial charge is 0.495 e. The molecular weight excluding hydrogens is 472 g/mol. The number of carbonyl (C=O) groups is 1. The zero-order chi connectivity index (χ0) is 24.6. The summed E-state index contributed by atoms with van der Waals surface area (Å²) in [5.41, 5.74) is 2.01. The molecule has 0 saturated heterocycles. The summed E-state index contributed by atoms with van der Waals surface area (Å²) in [6.07, 6.45) is 1.72. The van der Waals surface area contributed by atoms with Gasteiger partial charge in [0.1, 0.15) is 16.7 Å². The highest BCUT2D eigenvalue weighted by Crippen LogP contribution is 2.27. The molecule has 0 aliphatic carbocycles. The molecule has 0 bridgehead atoms. The minimum atomic E-state index is -4.10. The van der Waals surface area contributed by atoms with E-state index in [2.05, 4.69) is 10.0 Å². The molecule has 8 heteroatoms. The maximum atomic E-state index is 13.2. The van der Waals surface area contributed by atoms with Gasteiger partial charge in [-0.25, -0.2) is 8.42 Å². The second-order valence-electron chi connectivity index (χ2n) is 8.09. The number of sulfonamides is 1. The highest BCUT2D eigenvalue weighted by molar-refractivity contribution is 7.89. The van der Waals surface area contributed by atoms with Gasteiger partial charge in [0.15, 0.2) is 0 Å². The number of aryl methyl sites for hydroxylation is 1. The number of methoxy groups -OCH3 is 1. The number of hydrogen-bond acceptors (Lipinski definition) is 4. The SMILES string of the molecule is COc1ccc(Cl)cc1S(=O)(=O)N[C@H](Cc1ccccc1)C(=O)N[C@@H](C)CCc1ccccc1. The lowest BCUT2D eigenvalue weighted by molar-refractivity contribution is -0.123. The van der Waals surface area contributed by atoms with Crippen LogP contribution in [0.5, 0.6) is 5.75 Å². The number of rotatable bonds is 11. The van der Waals surface area contributed by atoms with Gasteiger partial charge in [0.25, 0.3) is 0 Å². The molecule has 0 aromatic heterocycles. The van der Waals surface area contributed by atoms with Crippen molar-refractivity contribution in [2.45, 2.75) is 43.2 Å². The summed E-state index contributed by atoms with van der Waals surface area (Å²) in [6, 6.07) is 22.4. The van der Waals surface area contributed by atoms with Crippen LogP contribution in [0.4, 0.5) is 0 Å². The van der Waals surface area contributed by atoms with E-state index in [1.165, 1.54) is 24.8 Å². The smallest absolute Gasteiger partial charge is 0.245 e. The zero-order valence-electron chi connectivity index (χ0n) is 19.2. The van der Waals surface area contributed by atoms with Crippen molar-refractivity contribution in [2.24, 2.45) is 0 Å². The molecule has 3 aromatic carbocycles. The summed E-state index contributed by atoms with van der Waals surface area (Å²) >= 11 is 6.04. The summed E-state index contributed by atoms with van der Waals surface area (Å²) in [5, 5.41) is 3.21. The number of nitrogens with one attached hydrogen (secondary N) is 2. The second kappa shape index (κ2) is 12.0. The van der Waals surface area contributed by atoms with Crippen molar-refractivity contribution in [1.82, 2.24) is 10.0 Å². The quantitative estimate of drug-likeness (QED) is 0.409. The van der Waals surface area contributed by atoms with E-state index in [1.807, 2.05) is 67.6 Å². The molecule has 0 aliphatic heterocycles. The van der Waals surface area contributed by atoms with Crippen molar-refractivity contribution in [2.75, 3.05) is 7.11 Å². The highest BCUT2D eigenvalue weighted by atomic mass is 35.5. The van der Waals surface area contributed by atoms with Crippen molar-refractivity contribution < 1.29 is 17.9 Å². The first kappa shape index (κ1) is 25.7. The van der Waals surface area contributed by atoms with Gasteiger partial charge in [0, 0.05) is 11.1 Å². The number of benzene rings is 3. The van der Waals surface area contributed by atoms with Crippen LogP contribution < -0.4 is 14.8 Å². The molecule has 180 valence electrons. The topological polar surface area (TPSA) is 84.5 Å². The summed E-state index contributed by atoms with van der Waals surface area (Å²) in [6.45, 7) is 1.91. The predicted molar refractivity (Wildman–Crippen MR) is 135 cm³/mol. The van der Waals surface area contributed by atoms with E-state index in [4.69, 9.17) is 16.3 Å². The Bertz CT molecular complexity index is 1190. The Morgan fingerprint density at radius 2 is 1.59 bits per heavy atom. The fourth-order valence-corrected chi connectivity index (χ4v) is 5.22. The Balaban J connectivity index is 1.78. The first-order valence-electron chi connectivity index (χ1n) is 11.0. The summed E-state index contributed by atoms with van der Waals surface area (Å²) in [7, 11) is -2.72. The van der Waals surface area contributed by atoms with Crippen molar-refractivity contribution >= 4 is 27.5 Å². The molecule has 34 heavy (non-hydrogen) atoms. The standard InChI is InChI=1S/C26H29ClN2O4S/c1-19(13-14-20-9-5-3-6-10-20)28-26(30)23(17-21-11-7-4-8-12-21)29-34(31,32)25-18-22(27)15-16-24(25)33-2/h3-12,15-16,18-19,23,29H,13-14,17H2,1-2H3,(H,28,30)/t19-,23+/m0/s1. The van der Waals surface area contributed by atoms with Crippen LogP contribution in [-0.2, 0) is 27.7 Å². The normalized spacial score (nSPS) is 13.1. The summed E-state index contributed by atoms with van der Waals surface area (Å²) in [4.78, 5) is 13.1. The van der Waals surface area contributed by atoms with Gasteiger partial charge < -0.3 is 10.1 Å². The van der Waals surface area contributed by atoms with E-state index in [0.717, 1.165) is 18.4 Å². The van der Waals surface area contributed by atoms with Crippen LogP contribution in [-0.4, -0.2) is 33.5 Å². The molecule has 3 rings (SSSR count). The Labute approximate surface area is 206 Å². The molecule has 2 atom stereocenters. The van der Waals surface area contributed by atoms with Crippen molar-refractivity contribution in [3.05, 3.63) is 95.0 Å². The average Bonchev–Trinajstić information content (AvgIpc) is 2.83. The molecule has 3 aromatic rings. The molecular formula is C26H29ClN2O4S. The Kier molecular flexibility index (Phi) is 9.10. The lowest BCUT2D eigenvalue weighted by Crippen LogP contribution is -2.50. The van der Waals surface area contributed by atoms with Crippen LogP contribution in [0.25, 0.3) is 0 Å². The van der Waals surface area contributed by atoms with E-state index < -0.39 is 22.0 Å². The number of carbonyl (C=O) groups excluding carboxylic acids is 1. The fraction of sp³-hybridized carbons (Fsp3) is 0.269. The molecule has 6 nitrogen and oxygen atoms in total. The van der Waals surface area contributed by atoms with E-state index in [1.54, 1.807) is 6.07 Å². The van der Waals surface area contributed by atoms with Gasteiger partial charge in [-0.1, -0.05) is 72.3 Å². The van der Waals surface area contributed by atoms with Gasteiger partial charge in [-0.3, -0.25) is 4.79 Å². The number of hydrogen-bond donors (Lipinski definition) is 2. The maximum Gasteiger partial charge on any atom is 0.245 e. The van der Waals surface area contributed by atoms with Crippen molar-refractivity contribution in [3.8, 4) is 5.75 Å². The summed E-state index contributed by atoms with van der Waals surface area (Å²) < 4.78 is 34.2. The van der Waals surface area contributed by atoms with E-state index in [-0.39, 0.29) is 28.1 Å². The molecule has 0 aliphatic rings. The minimum absolute atomic E-state index is 0.120. The van der Waals surface area contributed by atoms with Crippen LogP contribution in [0.1, 0.15) is 24.5 Å². The van der Waals surface area contributed by atoms with Crippen LogP contribution >= 0.6 is 11.6 Å². The van der Waals surface area contributed by atoms with Gasteiger partial charge in [-0.05, 0) is 55.5 Å². The van der Waals surface area contributed by atoms with E-state index in [9.17, 15) is 13.2 Å². The third-order valence-corrected chi connectivity index (χ3v) is 7.14. The van der Waals surface area contributed by atoms with E-state index in [0.29, 0.717) is 0 Å². The fourth-order valence-electron chi connectivity index (χ4n) is 3.59. The maximum absolute atomic E-state index is 13.2. The lowest BCUT2D eigenvalue weighted by Gasteiger charge is -2.22. The number of halogens is 1. The first-order chi connectivity index (χ1) is 16.3. The van der Waals surface area contributed by atoms with Gasteiger partial charge in [-0.2, -0.15) is 4.72 Å². The zero-order valence-corrected chi connectivity index (χ0v) is 20.8. The van der Waals surface area contributed by atoms with E-state index >= 15 is 0 Å². The predicted octanol–water partition coefficient (Wildman–Crippen LogP) is 4.38. The van der Waals surface area contributed by atoms with Crippen LogP contribution in [0.2, 0.25) is 5.02 Å². The van der Waals surface area contributed by atoms with Crippen LogP contribution in [0, 0.1) is 0 Å². The van der Waals surface area contributed by atoms with Crippen molar-refractivity contribution in [1.29, 1.82) is 0 Å². The monoisotopic (exact) mass is 500 g/mol. The Hall–Kier alpha value is -2.87. The number of ether oxygens (including phenoxy) is 1. The molecule has 0 fully saturated rings. The number of amides is 1. The van der Waals surface area contributed by atoms with Crippen LogP contribution in [0.15, 0.2) is 83.8 Å². The summed E-state index contributed by atoms with van der Waals surface area (Å²) in [5.74, 6) is -0.249. The minimum Gasteiger partial charge on any atom is -0.495 e. The molecule has 2 N–H and O–H groups in total. The molecule has 0 heterocycles. The second-order valence-corrected chi connectivity index (χ2v) is 10.2. The first-order valence-corrected chi connectivity index (χ1v) is 12.9. The highest BCUT2D eigenvalue weighted by Gasteiger charge is 2.29. The molecule has 1 amide bonds. The lowest BCUT2D eigenvalue weighted by atomic mass is 10.0. The molecule has 0 radical (unpaired) electrons. The van der Waals surface area contributed by atoms with Gasteiger partial charge >= 0.3 is 0 Å². The third kappa shape index (κ3) is 7.32.